The first-order valence-corrected chi connectivity index (χ1v) is 3.97. The van der Waals surface area contributed by atoms with Gasteiger partial charge in [0.1, 0.15) is 0 Å². The summed E-state index contributed by atoms with van der Waals surface area (Å²) in [5.41, 5.74) is 0.913. The van der Waals surface area contributed by atoms with Gasteiger partial charge in [-0.15, -0.1) is 0 Å². The van der Waals surface area contributed by atoms with Gasteiger partial charge in [-0.2, -0.15) is 15.4 Å². The Balaban J connectivity index is 2.65. The van der Waals surface area contributed by atoms with E-state index in [9.17, 15) is 0 Å². The molecule has 0 atom stereocenters. The normalized spacial score (nSPS) is 11.1. The molecule has 0 bridgehead atoms. The second-order valence-electron chi connectivity index (χ2n) is 2.88. The molecule has 0 aliphatic rings. The molecule has 0 spiro atoms. The maximum Gasteiger partial charge on any atom is 0.0945 e. The molecule has 0 saturated carbocycles. The number of aromatic nitrogens is 4. The molecule has 4 nitrogen and oxygen atoms in total. The zero-order valence-electron chi connectivity index (χ0n) is 6.73. The first kappa shape index (κ1) is 6.54. The number of nitrogens with zero attached hydrogens (tertiary/aromatic N) is 3. The Morgan fingerprint density at radius 2 is 2.00 bits per heavy atom. The molecular weight excluding hydrogens is 164 g/mol. The minimum atomic E-state index is 0.913. The van der Waals surface area contributed by atoms with Crippen molar-refractivity contribution in [2.45, 2.75) is 0 Å². The van der Waals surface area contributed by atoms with Gasteiger partial charge in [-0.05, 0) is 6.07 Å². The zero-order valence-corrected chi connectivity index (χ0v) is 6.73. The second kappa shape index (κ2) is 2.26. The lowest BCUT2D eigenvalue weighted by atomic mass is 10.1. The molecule has 0 radical (unpaired) electrons. The van der Waals surface area contributed by atoms with Crippen LogP contribution in [-0.4, -0.2) is 20.4 Å². The number of hydrogen-bond acceptors (Lipinski definition) is 3. The van der Waals surface area contributed by atoms with Gasteiger partial charge in [0, 0.05) is 28.6 Å². The van der Waals surface area contributed by atoms with Crippen molar-refractivity contribution in [3.05, 3.63) is 30.7 Å². The summed E-state index contributed by atoms with van der Waals surface area (Å²) in [6.45, 7) is 0. The Labute approximate surface area is 73.6 Å². The van der Waals surface area contributed by atoms with Crippen LogP contribution in [0.4, 0.5) is 0 Å². The van der Waals surface area contributed by atoms with Crippen molar-refractivity contribution < 1.29 is 0 Å². The van der Waals surface area contributed by atoms with Crippen LogP contribution in [0.1, 0.15) is 0 Å². The molecule has 2 heterocycles. The third-order valence-corrected chi connectivity index (χ3v) is 2.14. The molecular formula is C9H6N4. The SMILES string of the molecule is c1cc2n[nH]ncc2c2cncc12. The van der Waals surface area contributed by atoms with Crippen molar-refractivity contribution in [1.82, 2.24) is 20.4 Å². The lowest BCUT2D eigenvalue weighted by Gasteiger charge is -1.95. The quantitative estimate of drug-likeness (QED) is 0.556. The molecule has 1 N–H and O–H groups in total. The Morgan fingerprint density at radius 3 is 3.00 bits per heavy atom. The first-order valence-electron chi connectivity index (χ1n) is 3.97. The highest BCUT2D eigenvalue weighted by Gasteiger charge is 2.01. The predicted molar refractivity (Wildman–Crippen MR) is 49.2 cm³/mol. The van der Waals surface area contributed by atoms with E-state index in [-0.39, 0.29) is 0 Å². The number of benzene rings is 1. The lowest BCUT2D eigenvalue weighted by Crippen LogP contribution is -1.86. The van der Waals surface area contributed by atoms with Gasteiger partial charge in [0.05, 0.1) is 11.7 Å². The number of nitrogens with one attached hydrogen (secondary N) is 1. The van der Waals surface area contributed by atoms with Crippen LogP contribution in [0, 0.1) is 0 Å². The summed E-state index contributed by atoms with van der Waals surface area (Å²) < 4.78 is 0. The van der Waals surface area contributed by atoms with E-state index in [1.54, 1.807) is 6.20 Å². The monoisotopic (exact) mass is 170 g/mol. The maximum atomic E-state index is 4.09. The highest BCUT2D eigenvalue weighted by molar-refractivity contribution is 6.05. The number of fused-ring (bicyclic) bond motifs is 3. The Bertz CT molecular complexity index is 570. The number of aromatic amines is 1. The van der Waals surface area contributed by atoms with E-state index >= 15 is 0 Å². The summed E-state index contributed by atoms with van der Waals surface area (Å²) >= 11 is 0. The van der Waals surface area contributed by atoms with Gasteiger partial charge in [-0.3, -0.25) is 4.98 Å². The summed E-state index contributed by atoms with van der Waals surface area (Å²) in [5.74, 6) is 0. The molecule has 13 heavy (non-hydrogen) atoms. The van der Waals surface area contributed by atoms with Crippen LogP contribution in [0.5, 0.6) is 0 Å². The van der Waals surface area contributed by atoms with Gasteiger partial charge >= 0.3 is 0 Å². The van der Waals surface area contributed by atoms with E-state index < -0.39 is 0 Å². The first-order chi connectivity index (χ1) is 6.45. The fraction of sp³-hybridized carbons (Fsp3) is 0. The fourth-order valence-corrected chi connectivity index (χ4v) is 1.50. The maximum absolute atomic E-state index is 4.09. The largest absolute Gasteiger partial charge is 0.263 e. The van der Waals surface area contributed by atoms with Crippen LogP contribution in [0.3, 0.4) is 0 Å². The van der Waals surface area contributed by atoms with Gasteiger partial charge in [0.15, 0.2) is 0 Å². The third-order valence-electron chi connectivity index (χ3n) is 2.14. The highest BCUT2D eigenvalue weighted by atomic mass is 15.3. The molecule has 62 valence electrons. The van der Waals surface area contributed by atoms with E-state index in [4.69, 9.17) is 0 Å². The van der Waals surface area contributed by atoms with Gasteiger partial charge in [0.25, 0.3) is 0 Å². The van der Waals surface area contributed by atoms with Gasteiger partial charge in [0.2, 0.25) is 0 Å². The number of hydrogen-bond donors (Lipinski definition) is 1. The summed E-state index contributed by atoms with van der Waals surface area (Å²) in [6.07, 6.45) is 5.44. The smallest absolute Gasteiger partial charge is 0.0945 e. The Morgan fingerprint density at radius 1 is 1.00 bits per heavy atom. The molecule has 4 heteroatoms. The van der Waals surface area contributed by atoms with Crippen molar-refractivity contribution in [1.29, 1.82) is 0 Å². The van der Waals surface area contributed by atoms with Gasteiger partial charge < -0.3 is 0 Å². The van der Waals surface area contributed by atoms with E-state index in [0.29, 0.717) is 0 Å². The third kappa shape index (κ3) is 0.823. The number of H-pyrrole nitrogens is 1. The average molecular weight is 170 g/mol. The second-order valence-corrected chi connectivity index (χ2v) is 2.88. The van der Waals surface area contributed by atoms with Crippen LogP contribution in [0.25, 0.3) is 21.7 Å². The van der Waals surface area contributed by atoms with E-state index in [1.807, 2.05) is 24.5 Å². The van der Waals surface area contributed by atoms with Crippen molar-refractivity contribution >= 4 is 21.7 Å². The van der Waals surface area contributed by atoms with E-state index in [2.05, 4.69) is 20.4 Å². The highest BCUT2D eigenvalue weighted by Crippen LogP contribution is 2.21. The standard InChI is InChI=1S/C9H6N4/c1-2-9-8(5-11-13-12-9)7-4-10-3-6(1)7/h1-5,13H. The molecule has 1 aromatic carbocycles. The van der Waals surface area contributed by atoms with Crippen LogP contribution in [0.15, 0.2) is 30.7 Å². The number of rotatable bonds is 0. The average Bonchev–Trinajstić information content (AvgIpc) is 2.65. The molecule has 0 saturated heterocycles. The van der Waals surface area contributed by atoms with Crippen molar-refractivity contribution in [2.24, 2.45) is 0 Å². The molecule has 0 aliphatic heterocycles. The van der Waals surface area contributed by atoms with Crippen molar-refractivity contribution in [3.63, 3.8) is 0 Å². The summed E-state index contributed by atoms with van der Waals surface area (Å²) in [7, 11) is 0. The minimum absolute atomic E-state index is 0.913. The van der Waals surface area contributed by atoms with E-state index in [1.165, 1.54) is 0 Å². The van der Waals surface area contributed by atoms with Crippen LogP contribution in [0.2, 0.25) is 0 Å². The Hall–Kier alpha value is -1.97. The topological polar surface area (TPSA) is 54.5 Å². The molecule has 0 fully saturated rings. The van der Waals surface area contributed by atoms with Crippen molar-refractivity contribution in [3.8, 4) is 0 Å². The molecule has 2 aromatic heterocycles. The van der Waals surface area contributed by atoms with Gasteiger partial charge in [-0.25, -0.2) is 0 Å². The summed E-state index contributed by atoms with van der Waals surface area (Å²) in [4.78, 5) is 4.09. The zero-order chi connectivity index (χ0) is 8.67. The van der Waals surface area contributed by atoms with E-state index in [0.717, 1.165) is 21.7 Å². The molecule has 3 rings (SSSR count). The van der Waals surface area contributed by atoms with Crippen molar-refractivity contribution in [2.75, 3.05) is 0 Å². The fourth-order valence-electron chi connectivity index (χ4n) is 1.50. The van der Waals surface area contributed by atoms with Gasteiger partial charge in [-0.1, -0.05) is 6.07 Å². The van der Waals surface area contributed by atoms with Crippen LogP contribution < -0.4 is 0 Å². The summed E-state index contributed by atoms with van der Waals surface area (Å²) in [6, 6.07) is 3.96. The minimum Gasteiger partial charge on any atom is -0.263 e. The molecule has 0 unspecified atom stereocenters. The predicted octanol–water partition coefficient (Wildman–Crippen LogP) is 1.51. The lowest BCUT2D eigenvalue weighted by molar-refractivity contribution is 0.896. The molecule has 0 aliphatic carbocycles. The Kier molecular flexibility index (Phi) is 1.14. The summed E-state index contributed by atoms with van der Waals surface area (Å²) in [5, 5.41) is 13.8. The molecule has 3 aromatic rings. The molecule has 0 amide bonds. The van der Waals surface area contributed by atoms with Crippen LogP contribution >= 0.6 is 0 Å². The van der Waals surface area contributed by atoms with Crippen LogP contribution in [-0.2, 0) is 0 Å².